The van der Waals surface area contributed by atoms with Crippen LogP contribution in [0.3, 0.4) is 0 Å². The van der Waals surface area contributed by atoms with Gasteiger partial charge in [0, 0.05) is 7.11 Å². The van der Waals surface area contributed by atoms with E-state index in [0.29, 0.717) is 0 Å². The van der Waals surface area contributed by atoms with Crippen molar-refractivity contribution in [1.29, 1.82) is 0 Å². The molecule has 15 nitrogen and oxygen atoms in total. The van der Waals surface area contributed by atoms with Gasteiger partial charge in [-0.15, -0.1) is 16.6 Å². The van der Waals surface area contributed by atoms with E-state index in [1.807, 2.05) is 97.8 Å². The van der Waals surface area contributed by atoms with Crippen LogP contribution in [0.2, 0.25) is 242 Å². The monoisotopic (exact) mass is 2340 g/mol. The Kier molecular flexibility index (Phi) is 70.5. The zero-order valence-corrected chi connectivity index (χ0v) is 116. The summed E-state index contributed by atoms with van der Waals surface area (Å²) in [4.78, 5) is 40.5. The Labute approximate surface area is 929 Å². The quantitative estimate of drug-likeness (QED) is 0.0130. The summed E-state index contributed by atoms with van der Waals surface area (Å²) < 4.78 is 50.9. The molecule has 0 aliphatic carbocycles. The second-order valence-corrected chi connectivity index (χ2v) is 120. The Bertz CT molecular complexity index is 4730. The van der Waals surface area contributed by atoms with Crippen molar-refractivity contribution in [3.05, 3.63) is 153 Å². The van der Waals surface area contributed by atoms with Gasteiger partial charge in [-0.3, -0.25) is 0 Å². The molecule has 4 N–H and O–H groups in total. The number of hydrogen-bond donors (Lipinski definition) is 4. The first-order valence-corrected chi connectivity index (χ1v) is 101. The standard InChI is InChI=1S/C32H56O4Si7.C22H40O4Si5.C12H24N2Si2.C10H18O2Si2.C6H18N2Si.C4Cl6.C4H12ClNSi.C4.3CH4.2Li/c1-33-39(7,8)29-19-21-31(22-20-29)41(11,12)35-43(15,16)36-42(13,14)32-25-23-30(24-26-32)40(9,10)34-38(5,6)28-18-17-27-37(2,3)4;1-27(2,23)19-11-15-21(16-12-19)29(5,6)25-31(9,10)26-30(7,8)22-17-13-20(14-18-22)28(3,4)24;1-13(2)15(5,6)11-9-10-12-16(7,8)14(3)4;1-13(2,11)9-5-7-10(8-6-9)14(3,4)12;1-7(2)9(5,6)8(3)4;5-1(3(7)8)2(6)4(9)10;1-6(2)7(3,4)5;1-3-4-2;;;;;/h19-26H,1-16H3;11-18,23-24H,1-10H3;1-8H3;5-8,11-12H,1-4H3;1-6H3;;1-4H3;;3*1H4;;/q;;;;;;;-2;;;;2*+1. The molecule has 0 bridgehead atoms. The maximum absolute atomic E-state index is 10.4. The molecule has 0 fully saturated rings. The van der Waals surface area contributed by atoms with Crippen molar-refractivity contribution in [2.24, 2.45) is 0 Å². The molecule has 0 heterocycles. The van der Waals surface area contributed by atoms with Crippen molar-refractivity contribution in [3.63, 3.8) is 0 Å². The maximum Gasteiger partial charge on any atom is 1.00 e. The topological polar surface area (TPSA) is 152 Å². The summed E-state index contributed by atoms with van der Waals surface area (Å²) in [6, 6.07) is 42.4. The predicted molar refractivity (Wildman–Crippen MR) is 659 cm³/mol. The summed E-state index contributed by atoms with van der Waals surface area (Å²) in [5.74, 6) is 15.5. The van der Waals surface area contributed by atoms with E-state index in [0.717, 1.165) is 20.7 Å². The van der Waals surface area contributed by atoms with Crippen LogP contribution in [0.5, 0.6) is 0 Å². The molecule has 0 aromatic heterocycles. The minimum Gasteiger partial charge on any atom is -0.500 e. The van der Waals surface area contributed by atoms with Gasteiger partial charge in [-0.2, -0.15) is 0 Å². The summed E-state index contributed by atoms with van der Waals surface area (Å²) >= 11 is 37.7. The van der Waals surface area contributed by atoms with Gasteiger partial charge in [0.15, 0.2) is 8.40 Å². The Morgan fingerprint density at radius 3 is 0.590 bits per heavy atom. The van der Waals surface area contributed by atoms with E-state index in [1.54, 1.807) is 11.8 Å². The maximum atomic E-state index is 10.4. The van der Waals surface area contributed by atoms with Crippen LogP contribution in [-0.4, -0.2) is 269 Å². The van der Waals surface area contributed by atoms with Crippen molar-refractivity contribution >= 4 is 282 Å². The fourth-order valence-electron chi connectivity index (χ4n) is 11.5. The summed E-state index contributed by atoms with van der Waals surface area (Å²) in [7, 11) is -13.0. The van der Waals surface area contributed by atoms with Gasteiger partial charge in [0.2, 0.25) is 107 Å². The Morgan fingerprint density at radius 2 is 0.446 bits per heavy atom. The van der Waals surface area contributed by atoms with E-state index in [-0.39, 0.29) is 79.0 Å². The number of rotatable bonds is 27. The first kappa shape index (κ1) is 154. The van der Waals surface area contributed by atoms with Crippen LogP contribution in [0.25, 0.3) is 0 Å². The van der Waals surface area contributed by atoms with E-state index < -0.39 is 149 Å². The van der Waals surface area contributed by atoms with Crippen LogP contribution in [0, 0.1) is 70.5 Å². The van der Waals surface area contributed by atoms with Crippen LogP contribution in [0.4, 0.5) is 0 Å². The molecule has 0 saturated heterocycles. The van der Waals surface area contributed by atoms with E-state index >= 15 is 0 Å². The van der Waals surface area contributed by atoms with Crippen molar-refractivity contribution in [2.45, 2.75) is 265 Å². The molecule has 776 valence electrons. The second kappa shape index (κ2) is 63.7. The van der Waals surface area contributed by atoms with Gasteiger partial charge in [-0.25, -0.2) is 0 Å². The zero-order valence-electron chi connectivity index (χ0n) is 92.7. The van der Waals surface area contributed by atoms with Gasteiger partial charge in [0.05, 0.1) is 10.1 Å². The minimum atomic E-state index is -2.43. The number of hydrogen-bond acceptors (Lipinski definition) is 15. The average molecular weight is 2340 g/mol. The molecule has 5 aromatic carbocycles. The fourth-order valence-corrected chi connectivity index (χ4v) is 53.5. The first-order valence-electron chi connectivity index (χ1n) is 44.6. The molecule has 0 unspecified atom stereocenters. The van der Waals surface area contributed by atoms with E-state index in [1.165, 1.54) is 31.1 Å². The molecule has 0 aliphatic heterocycles. The van der Waals surface area contributed by atoms with Crippen LogP contribution >= 0.6 is 80.7 Å². The third-order valence-electron chi connectivity index (χ3n) is 22.2. The Balaban J connectivity index is -0.000000259. The number of allylic oxidation sites excluding steroid dienone is 2. The molecule has 0 spiro atoms. The molecule has 0 aliphatic rings. The van der Waals surface area contributed by atoms with Gasteiger partial charge < -0.3 is 91.7 Å². The van der Waals surface area contributed by atoms with Gasteiger partial charge in [-0.1, -0.05) is 249 Å². The minimum absolute atomic E-state index is 0. The van der Waals surface area contributed by atoms with Crippen LogP contribution in [-0.2, 0) is 25.0 Å². The zero-order chi connectivity index (χ0) is 106. The van der Waals surface area contributed by atoms with E-state index in [9.17, 15) is 19.2 Å². The van der Waals surface area contributed by atoms with Crippen LogP contribution in [0.1, 0.15) is 22.3 Å². The summed E-state index contributed by atoms with van der Waals surface area (Å²) in [6.07, 6.45) is 11.8. The molecular weight excluding hydrogens is 2160 g/mol. The average Bonchev–Trinajstić information content (AvgIpc) is 0.792. The smallest absolute Gasteiger partial charge is 0.500 e. The van der Waals surface area contributed by atoms with Crippen molar-refractivity contribution in [1.82, 2.24) is 22.8 Å². The number of nitrogens with zero attached hydrogens (tertiary/aromatic N) is 5. The molecule has 5 aromatic rings. The van der Waals surface area contributed by atoms with E-state index in [2.05, 4.69) is 412 Å². The van der Waals surface area contributed by atoms with Crippen molar-refractivity contribution in [2.75, 3.05) is 77.6 Å². The Morgan fingerprint density at radius 1 is 0.273 bits per heavy atom. The number of halogens is 7. The molecular formula is C97H180Cl7Li2N5O10Si18. The third-order valence-corrected chi connectivity index (χ3v) is 77.7. The van der Waals surface area contributed by atoms with E-state index in [4.69, 9.17) is 119 Å². The summed E-state index contributed by atoms with van der Waals surface area (Å²) in [6.45, 7) is 79.9. The van der Waals surface area contributed by atoms with Gasteiger partial charge in [-0.05, 0) is 369 Å². The van der Waals surface area contributed by atoms with Gasteiger partial charge in [0.1, 0.15) is 17.1 Å². The van der Waals surface area contributed by atoms with Crippen LogP contribution in [0.15, 0.2) is 140 Å². The molecule has 5 rings (SSSR count). The first-order chi connectivity index (χ1) is 59.7. The molecule has 0 radical (unpaired) electrons. The molecule has 0 saturated carbocycles. The number of benzene rings is 5. The molecule has 42 heteroatoms. The normalized spacial score (nSPS) is 12.2. The van der Waals surface area contributed by atoms with Crippen molar-refractivity contribution in [3.8, 4) is 57.7 Å². The second-order valence-electron chi connectivity index (χ2n) is 43.4. The summed E-state index contributed by atoms with van der Waals surface area (Å²) in [5.41, 5.74) is 13.4. The van der Waals surface area contributed by atoms with Gasteiger partial charge >= 0.3 is 54.8 Å². The third kappa shape index (κ3) is 60.9. The molecule has 139 heavy (non-hydrogen) atoms. The summed E-state index contributed by atoms with van der Waals surface area (Å²) in [5, 5.41) is 11.6. The Hall–Kier alpha value is -0.531. The fraction of sp³-hybridized carbons (Fsp3) is 0.526. The predicted octanol–water partition coefficient (Wildman–Crippen LogP) is 14.1. The van der Waals surface area contributed by atoms with Gasteiger partial charge in [0.25, 0.3) is 8.32 Å². The van der Waals surface area contributed by atoms with Crippen LogP contribution < -0.4 is 89.6 Å². The van der Waals surface area contributed by atoms with Crippen molar-refractivity contribution < 1.29 is 81.9 Å². The molecule has 0 atom stereocenters. The largest absolute Gasteiger partial charge is 1.00 e. The SMILES string of the molecule is C.C.C.CN(C)[Si](C)(C)C#CC#C[Si](C)(C)N(C)C.CN(C)[Si](C)(C)Cl.CN(C)[Si](C)(C)N(C)C.CO[Si](C)(C)c1ccc([Si](C)(C)O[Si](C)(C)O[Si](C)(C)c2ccc([Si](C)(C)O[Si](C)(C)C#CC#C[Si](C)(C)C)cc2)cc1.C[Si](C)(O)c1ccc([Si](C)(C)O)cc1.C[Si](C)(O[Si](C)(C)c1ccc([Si](C)(C)O)cc1)O[Si](C)(C)c1ccc([Si](C)(C)O)cc1.ClC(Cl)=C(Cl)C(Cl)=C(Cl)Cl.[C-]#CC#[C-].[Li+].[Li+]. The molecule has 0 amide bonds.